The highest BCUT2D eigenvalue weighted by atomic mass is 32.2. The predicted octanol–water partition coefficient (Wildman–Crippen LogP) is 0.209. The van der Waals surface area contributed by atoms with Gasteiger partial charge in [0, 0.05) is 20.7 Å². The molecule has 20 heavy (non-hydrogen) atoms. The molecule has 1 aromatic carbocycles. The quantitative estimate of drug-likeness (QED) is 0.731. The van der Waals surface area contributed by atoms with Crippen LogP contribution in [-0.4, -0.2) is 52.5 Å². The summed E-state index contributed by atoms with van der Waals surface area (Å²) in [7, 11) is -1.13. The Morgan fingerprint density at radius 1 is 1.45 bits per heavy atom. The Hall–Kier alpha value is -1.51. The van der Waals surface area contributed by atoms with Crippen LogP contribution >= 0.6 is 0 Å². The molecule has 1 amide bonds. The third kappa shape index (κ3) is 4.55. The van der Waals surface area contributed by atoms with Crippen molar-refractivity contribution in [2.24, 2.45) is 0 Å². The van der Waals surface area contributed by atoms with Crippen molar-refractivity contribution in [2.45, 2.75) is 4.90 Å². The van der Waals surface area contributed by atoms with Crippen LogP contribution in [0.4, 0.5) is 4.39 Å². The normalized spacial score (nSPS) is 11.6. The molecule has 0 aromatic heterocycles. The summed E-state index contributed by atoms with van der Waals surface area (Å²) in [5, 5.41) is 2.51. The number of nitrogens with one attached hydrogen (secondary N) is 1. The van der Waals surface area contributed by atoms with Gasteiger partial charge in [-0.3, -0.25) is 4.79 Å². The first-order valence-corrected chi connectivity index (χ1v) is 7.29. The van der Waals surface area contributed by atoms with Gasteiger partial charge < -0.3 is 10.1 Å². The zero-order chi connectivity index (χ0) is 15.2. The van der Waals surface area contributed by atoms with Gasteiger partial charge in [-0.2, -0.15) is 4.31 Å². The molecule has 0 bridgehead atoms. The van der Waals surface area contributed by atoms with E-state index in [9.17, 15) is 17.6 Å². The van der Waals surface area contributed by atoms with Gasteiger partial charge in [-0.1, -0.05) is 6.07 Å². The summed E-state index contributed by atoms with van der Waals surface area (Å²) in [6.07, 6.45) is 0. The lowest BCUT2D eigenvalue weighted by Gasteiger charge is -2.16. The van der Waals surface area contributed by atoms with E-state index >= 15 is 0 Å². The van der Waals surface area contributed by atoms with Crippen LogP contribution in [0.15, 0.2) is 29.2 Å². The molecule has 0 atom stereocenters. The second-order valence-corrected chi connectivity index (χ2v) is 6.11. The number of ether oxygens (including phenoxy) is 1. The molecule has 0 saturated carbocycles. The zero-order valence-corrected chi connectivity index (χ0v) is 12.1. The van der Waals surface area contributed by atoms with Crippen LogP contribution in [0, 0.1) is 5.82 Å². The van der Waals surface area contributed by atoms with E-state index in [0.717, 1.165) is 16.4 Å². The smallest absolute Gasteiger partial charge is 0.243 e. The Bertz CT molecular complexity index is 562. The van der Waals surface area contributed by atoms with Crippen LogP contribution in [0.5, 0.6) is 0 Å². The highest BCUT2D eigenvalue weighted by Crippen LogP contribution is 2.14. The van der Waals surface area contributed by atoms with Crippen molar-refractivity contribution < 1.29 is 22.3 Å². The third-order valence-electron chi connectivity index (χ3n) is 2.50. The number of likely N-dealkylation sites (N-methyl/N-ethyl adjacent to an activating group) is 1. The number of hydrogen-bond acceptors (Lipinski definition) is 4. The van der Waals surface area contributed by atoms with Gasteiger partial charge in [0.25, 0.3) is 0 Å². The minimum atomic E-state index is -3.89. The second kappa shape index (κ2) is 7.32. The Morgan fingerprint density at radius 2 is 2.15 bits per heavy atom. The highest BCUT2D eigenvalue weighted by molar-refractivity contribution is 7.89. The molecule has 0 heterocycles. The van der Waals surface area contributed by atoms with Crippen molar-refractivity contribution in [1.82, 2.24) is 9.62 Å². The topological polar surface area (TPSA) is 75.7 Å². The largest absolute Gasteiger partial charge is 0.383 e. The number of halogens is 1. The van der Waals surface area contributed by atoms with Gasteiger partial charge in [0.1, 0.15) is 5.82 Å². The van der Waals surface area contributed by atoms with Crippen molar-refractivity contribution in [3.8, 4) is 0 Å². The van der Waals surface area contributed by atoms with Crippen LogP contribution in [0.3, 0.4) is 0 Å². The fourth-order valence-electron chi connectivity index (χ4n) is 1.44. The van der Waals surface area contributed by atoms with E-state index in [1.807, 2.05) is 0 Å². The fourth-order valence-corrected chi connectivity index (χ4v) is 2.60. The number of carbonyl (C=O) groups is 1. The molecule has 1 N–H and O–H groups in total. The number of rotatable bonds is 7. The van der Waals surface area contributed by atoms with Crippen molar-refractivity contribution >= 4 is 15.9 Å². The summed E-state index contributed by atoms with van der Waals surface area (Å²) in [6, 6.07) is 4.64. The first-order valence-electron chi connectivity index (χ1n) is 5.85. The molecule has 0 aliphatic heterocycles. The standard InChI is InChI=1S/C12H17FN2O4S/c1-15(9-12(16)14-6-7-19-2)20(17,18)11-5-3-4-10(13)8-11/h3-5,8H,6-7,9H2,1-2H3,(H,14,16). The molecule has 6 nitrogen and oxygen atoms in total. The summed E-state index contributed by atoms with van der Waals surface area (Å²) in [4.78, 5) is 11.3. The molecule has 0 aliphatic rings. The van der Waals surface area contributed by atoms with Crippen molar-refractivity contribution in [3.05, 3.63) is 30.1 Å². The van der Waals surface area contributed by atoms with Crippen molar-refractivity contribution in [1.29, 1.82) is 0 Å². The number of carbonyl (C=O) groups excluding carboxylic acids is 1. The minimum Gasteiger partial charge on any atom is -0.383 e. The molecule has 0 spiro atoms. The lowest BCUT2D eigenvalue weighted by molar-refractivity contribution is -0.121. The highest BCUT2D eigenvalue weighted by Gasteiger charge is 2.23. The number of methoxy groups -OCH3 is 1. The maximum atomic E-state index is 13.1. The van der Waals surface area contributed by atoms with E-state index in [2.05, 4.69) is 5.32 Å². The molecule has 1 aromatic rings. The molecule has 8 heteroatoms. The first-order chi connectivity index (χ1) is 9.37. The lowest BCUT2D eigenvalue weighted by Crippen LogP contribution is -2.39. The van der Waals surface area contributed by atoms with Crippen LogP contribution < -0.4 is 5.32 Å². The van der Waals surface area contributed by atoms with E-state index < -0.39 is 21.7 Å². The number of sulfonamides is 1. The van der Waals surface area contributed by atoms with Crippen LogP contribution in [0.2, 0.25) is 0 Å². The van der Waals surface area contributed by atoms with E-state index in [1.54, 1.807) is 0 Å². The van der Waals surface area contributed by atoms with Crippen molar-refractivity contribution in [2.75, 3.05) is 33.9 Å². The summed E-state index contributed by atoms with van der Waals surface area (Å²) in [5.74, 6) is -1.10. The van der Waals surface area contributed by atoms with E-state index in [1.165, 1.54) is 26.3 Å². The monoisotopic (exact) mass is 304 g/mol. The Kier molecular flexibility index (Phi) is 6.05. The lowest BCUT2D eigenvalue weighted by atomic mass is 10.4. The molecule has 0 aliphatic carbocycles. The van der Waals surface area contributed by atoms with E-state index in [-0.39, 0.29) is 11.4 Å². The van der Waals surface area contributed by atoms with Crippen molar-refractivity contribution in [3.63, 3.8) is 0 Å². The number of benzene rings is 1. The second-order valence-electron chi connectivity index (χ2n) is 4.06. The van der Waals surface area contributed by atoms with Crippen LogP contribution in [0.1, 0.15) is 0 Å². The average Bonchev–Trinajstić information content (AvgIpc) is 2.39. The van der Waals surface area contributed by atoms with Crippen LogP contribution in [0.25, 0.3) is 0 Å². The molecule has 0 radical (unpaired) electrons. The van der Waals surface area contributed by atoms with Gasteiger partial charge >= 0.3 is 0 Å². The SMILES string of the molecule is COCCNC(=O)CN(C)S(=O)(=O)c1cccc(F)c1. The maximum Gasteiger partial charge on any atom is 0.243 e. The van der Waals surface area contributed by atoms with E-state index in [4.69, 9.17) is 4.74 Å². The average molecular weight is 304 g/mol. The summed E-state index contributed by atoms with van der Waals surface area (Å²) < 4.78 is 42.9. The Morgan fingerprint density at radius 3 is 2.75 bits per heavy atom. The molecular weight excluding hydrogens is 287 g/mol. The maximum absolute atomic E-state index is 13.1. The molecule has 1 rings (SSSR count). The molecule has 0 saturated heterocycles. The minimum absolute atomic E-state index is 0.190. The number of hydrogen-bond donors (Lipinski definition) is 1. The van der Waals surface area contributed by atoms with Gasteiger partial charge in [0.15, 0.2) is 0 Å². The third-order valence-corrected chi connectivity index (χ3v) is 4.30. The summed E-state index contributed by atoms with van der Waals surface area (Å²) in [6.45, 7) is 0.290. The first kappa shape index (κ1) is 16.5. The summed E-state index contributed by atoms with van der Waals surface area (Å²) in [5.41, 5.74) is 0. The fraction of sp³-hybridized carbons (Fsp3) is 0.417. The number of amides is 1. The van der Waals surface area contributed by atoms with Gasteiger partial charge in [-0.25, -0.2) is 12.8 Å². The van der Waals surface area contributed by atoms with E-state index in [0.29, 0.717) is 13.2 Å². The molecule has 0 unspecified atom stereocenters. The Balaban J connectivity index is 2.70. The Labute approximate surface area is 117 Å². The van der Waals surface area contributed by atoms with Gasteiger partial charge in [-0.05, 0) is 18.2 Å². The zero-order valence-electron chi connectivity index (χ0n) is 11.3. The molecule has 0 fully saturated rings. The summed E-state index contributed by atoms with van der Waals surface area (Å²) >= 11 is 0. The molecular formula is C12H17FN2O4S. The van der Waals surface area contributed by atoms with Gasteiger partial charge in [-0.15, -0.1) is 0 Å². The number of nitrogens with zero attached hydrogens (tertiary/aromatic N) is 1. The predicted molar refractivity (Wildman–Crippen MR) is 71.1 cm³/mol. The van der Waals surface area contributed by atoms with Gasteiger partial charge in [0.05, 0.1) is 18.0 Å². The molecule has 112 valence electrons. The van der Waals surface area contributed by atoms with Crippen LogP contribution in [-0.2, 0) is 19.6 Å². The van der Waals surface area contributed by atoms with Gasteiger partial charge in [0.2, 0.25) is 15.9 Å².